The van der Waals surface area contributed by atoms with Crippen molar-refractivity contribution in [3.8, 4) is 5.75 Å². The van der Waals surface area contributed by atoms with Crippen molar-refractivity contribution >= 4 is 17.1 Å². The predicted octanol–water partition coefficient (Wildman–Crippen LogP) is 0.554. The van der Waals surface area contributed by atoms with E-state index in [0.29, 0.717) is 41.5 Å². The fourth-order valence-corrected chi connectivity index (χ4v) is 2.51. The molecule has 122 valence electrons. The van der Waals surface area contributed by atoms with E-state index in [9.17, 15) is 15.2 Å². The van der Waals surface area contributed by atoms with Crippen LogP contribution in [0.4, 0.5) is 4.79 Å². The van der Waals surface area contributed by atoms with E-state index in [0.717, 1.165) is 0 Å². The number of rotatable bonds is 1. The summed E-state index contributed by atoms with van der Waals surface area (Å²) in [4.78, 5) is 13.7. The van der Waals surface area contributed by atoms with Gasteiger partial charge in [0, 0.05) is 33.0 Å². The zero-order chi connectivity index (χ0) is 16.6. The standard InChI is InChI=1S/C15H17N3O5/c1-10-11(2)18(21)14-12(17(10)20)4-3-5-13(14)23-15(19)16-6-8-22-9-7-16/h3-5H,6-9H2,1-2H3. The molecule has 1 aliphatic rings. The van der Waals surface area contributed by atoms with Crippen LogP contribution >= 0.6 is 0 Å². The summed E-state index contributed by atoms with van der Waals surface area (Å²) in [5.41, 5.74) is 0.786. The summed E-state index contributed by atoms with van der Waals surface area (Å²) in [6, 6.07) is 4.60. The maximum absolute atomic E-state index is 12.4. The molecule has 2 heterocycles. The lowest BCUT2D eigenvalue weighted by Crippen LogP contribution is -2.45. The van der Waals surface area contributed by atoms with Crippen LogP contribution in [0.3, 0.4) is 0 Å². The van der Waals surface area contributed by atoms with Gasteiger partial charge in [-0.1, -0.05) is 6.07 Å². The number of amides is 1. The maximum Gasteiger partial charge on any atom is 0.415 e. The topological polar surface area (TPSA) is 92.7 Å². The number of nitrogens with zero attached hydrogens (tertiary/aromatic N) is 3. The summed E-state index contributed by atoms with van der Waals surface area (Å²) >= 11 is 0. The summed E-state index contributed by atoms with van der Waals surface area (Å²) in [5, 5.41) is 24.7. The van der Waals surface area contributed by atoms with E-state index in [1.165, 1.54) is 17.0 Å². The van der Waals surface area contributed by atoms with Gasteiger partial charge in [0.1, 0.15) is 0 Å². The Morgan fingerprint density at radius 3 is 2.52 bits per heavy atom. The summed E-state index contributed by atoms with van der Waals surface area (Å²) in [7, 11) is 0. The lowest BCUT2D eigenvalue weighted by molar-refractivity contribution is -0.638. The second kappa shape index (κ2) is 5.88. The number of carbonyl (C=O) groups excluding carboxylic acids is 1. The smallest absolute Gasteiger partial charge is 0.415 e. The minimum absolute atomic E-state index is 0.0483. The fraction of sp³-hybridized carbons (Fsp3) is 0.400. The van der Waals surface area contributed by atoms with Crippen LogP contribution in [0.5, 0.6) is 5.75 Å². The third kappa shape index (κ3) is 2.61. The number of fused-ring (bicyclic) bond motifs is 1. The molecule has 0 unspecified atom stereocenters. The normalized spacial score (nSPS) is 15.0. The number of ether oxygens (including phenoxy) is 2. The molecule has 0 aliphatic carbocycles. The molecular formula is C15H17N3O5. The third-order valence-corrected chi connectivity index (χ3v) is 4.00. The molecule has 0 radical (unpaired) electrons. The van der Waals surface area contributed by atoms with Crippen molar-refractivity contribution in [1.29, 1.82) is 0 Å². The fourth-order valence-electron chi connectivity index (χ4n) is 2.51. The first-order valence-corrected chi connectivity index (χ1v) is 7.30. The summed E-state index contributed by atoms with van der Waals surface area (Å²) < 4.78 is 11.8. The van der Waals surface area contributed by atoms with Gasteiger partial charge in [-0.2, -0.15) is 9.46 Å². The van der Waals surface area contributed by atoms with Gasteiger partial charge in [0.2, 0.25) is 5.75 Å². The highest BCUT2D eigenvalue weighted by molar-refractivity contribution is 5.80. The van der Waals surface area contributed by atoms with Crippen LogP contribution in [0.1, 0.15) is 11.4 Å². The molecule has 0 spiro atoms. The molecule has 23 heavy (non-hydrogen) atoms. The van der Waals surface area contributed by atoms with Crippen molar-refractivity contribution in [3.05, 3.63) is 40.0 Å². The van der Waals surface area contributed by atoms with Crippen molar-refractivity contribution in [3.63, 3.8) is 0 Å². The molecule has 8 nitrogen and oxygen atoms in total. The Morgan fingerprint density at radius 1 is 1.17 bits per heavy atom. The van der Waals surface area contributed by atoms with E-state index in [-0.39, 0.29) is 22.5 Å². The van der Waals surface area contributed by atoms with Gasteiger partial charge in [0.15, 0.2) is 0 Å². The van der Waals surface area contributed by atoms with E-state index in [1.807, 2.05) is 0 Å². The van der Waals surface area contributed by atoms with E-state index in [2.05, 4.69) is 0 Å². The van der Waals surface area contributed by atoms with Gasteiger partial charge < -0.3 is 24.8 Å². The summed E-state index contributed by atoms with van der Waals surface area (Å²) in [6.45, 7) is 4.89. The summed E-state index contributed by atoms with van der Waals surface area (Å²) in [6.07, 6.45) is -0.559. The molecule has 0 N–H and O–H groups in total. The molecule has 1 aliphatic heterocycles. The van der Waals surface area contributed by atoms with Gasteiger partial charge in [-0.25, -0.2) is 4.79 Å². The summed E-state index contributed by atoms with van der Waals surface area (Å²) in [5.74, 6) is 0.0710. The second-order valence-electron chi connectivity index (χ2n) is 5.35. The number of morpholine rings is 1. The first kappa shape index (κ1) is 15.3. The van der Waals surface area contributed by atoms with Crippen molar-refractivity contribution in [2.24, 2.45) is 0 Å². The van der Waals surface area contributed by atoms with E-state index in [1.54, 1.807) is 19.9 Å². The lowest BCUT2D eigenvalue weighted by atomic mass is 10.2. The number of aromatic nitrogens is 2. The predicted molar refractivity (Wildman–Crippen MR) is 79.8 cm³/mol. The number of hydrogen-bond donors (Lipinski definition) is 0. The monoisotopic (exact) mass is 319 g/mol. The van der Waals surface area contributed by atoms with Crippen LogP contribution in [0.2, 0.25) is 0 Å². The van der Waals surface area contributed by atoms with E-state index in [4.69, 9.17) is 9.47 Å². The average molecular weight is 319 g/mol. The SMILES string of the molecule is Cc1c(C)[n+]([O-])c2c(OC(=O)N3CCOCC3)cccc2[n+]1[O-]. The van der Waals surface area contributed by atoms with Crippen LogP contribution in [0.25, 0.3) is 11.0 Å². The molecule has 8 heteroatoms. The molecule has 1 amide bonds. The Bertz CT molecular complexity index is 772. The van der Waals surface area contributed by atoms with Crippen LogP contribution in [0, 0.1) is 24.3 Å². The van der Waals surface area contributed by atoms with Crippen molar-refractivity contribution in [2.45, 2.75) is 13.8 Å². The number of para-hydroxylation sites is 1. The minimum atomic E-state index is -0.559. The number of carbonyl (C=O) groups is 1. The zero-order valence-electron chi connectivity index (χ0n) is 12.9. The van der Waals surface area contributed by atoms with Crippen molar-refractivity contribution < 1.29 is 23.7 Å². The molecule has 3 rings (SSSR count). The van der Waals surface area contributed by atoms with Crippen LogP contribution in [0.15, 0.2) is 18.2 Å². The quantitative estimate of drug-likeness (QED) is 0.565. The molecule has 1 fully saturated rings. The Labute approximate surface area is 132 Å². The largest absolute Gasteiger partial charge is 0.618 e. The van der Waals surface area contributed by atoms with Crippen molar-refractivity contribution in [2.75, 3.05) is 26.3 Å². The minimum Gasteiger partial charge on any atom is -0.618 e. The third-order valence-electron chi connectivity index (χ3n) is 4.00. The van der Waals surface area contributed by atoms with Crippen LogP contribution in [-0.2, 0) is 4.74 Å². The maximum atomic E-state index is 12.4. The molecule has 1 aromatic heterocycles. The van der Waals surface area contributed by atoms with Gasteiger partial charge in [-0.3, -0.25) is 0 Å². The first-order valence-electron chi connectivity index (χ1n) is 7.30. The van der Waals surface area contributed by atoms with Gasteiger partial charge >= 0.3 is 11.6 Å². The Hall–Kier alpha value is -2.61. The molecule has 0 saturated carbocycles. The van der Waals surface area contributed by atoms with Gasteiger partial charge in [0.05, 0.1) is 13.2 Å². The van der Waals surface area contributed by atoms with Crippen LogP contribution < -0.4 is 14.2 Å². The molecule has 2 aromatic rings. The number of benzene rings is 1. The highest BCUT2D eigenvalue weighted by atomic mass is 16.6. The Kier molecular flexibility index (Phi) is 3.91. The molecule has 0 atom stereocenters. The lowest BCUT2D eigenvalue weighted by Gasteiger charge is -2.25. The number of hydrogen-bond acceptors (Lipinski definition) is 5. The Morgan fingerprint density at radius 2 is 1.83 bits per heavy atom. The highest BCUT2D eigenvalue weighted by Crippen LogP contribution is 2.22. The van der Waals surface area contributed by atoms with Crippen LogP contribution in [-0.4, -0.2) is 37.3 Å². The zero-order valence-corrected chi connectivity index (χ0v) is 12.9. The molecular weight excluding hydrogens is 302 g/mol. The molecule has 1 saturated heterocycles. The molecule has 1 aromatic carbocycles. The highest BCUT2D eigenvalue weighted by Gasteiger charge is 2.27. The van der Waals surface area contributed by atoms with Gasteiger partial charge in [0.25, 0.3) is 16.9 Å². The Balaban J connectivity index is 2.03. The molecule has 0 bridgehead atoms. The second-order valence-corrected chi connectivity index (χ2v) is 5.35. The average Bonchev–Trinajstić information content (AvgIpc) is 2.58. The van der Waals surface area contributed by atoms with E-state index >= 15 is 0 Å². The van der Waals surface area contributed by atoms with Gasteiger partial charge in [-0.15, -0.1) is 0 Å². The van der Waals surface area contributed by atoms with Crippen molar-refractivity contribution in [1.82, 2.24) is 4.90 Å². The van der Waals surface area contributed by atoms with E-state index < -0.39 is 6.09 Å². The first-order chi connectivity index (χ1) is 11.0. The van der Waals surface area contributed by atoms with Gasteiger partial charge in [-0.05, 0) is 6.07 Å².